The number of carbonyl (C=O) groups is 2. The first-order chi connectivity index (χ1) is 14.8. The van der Waals surface area contributed by atoms with Crippen LogP contribution in [0.4, 0.5) is 0 Å². The molecule has 3 fully saturated rings. The Morgan fingerprint density at radius 1 is 1.23 bits per heavy atom. The van der Waals surface area contributed by atoms with Crippen molar-refractivity contribution in [3.63, 3.8) is 0 Å². The number of allylic oxidation sites excluding steroid dienone is 1. The SMILES string of the molecule is C#C[C@]1(OC(=O)CCCCCC)CC[C@H]2[C@@H]3C(C)CC4=CC(=O)CC[C@@H]4[C@H]3CC[C@@]21C. The summed E-state index contributed by atoms with van der Waals surface area (Å²) >= 11 is 0. The van der Waals surface area contributed by atoms with E-state index in [1.54, 1.807) is 0 Å². The maximum absolute atomic E-state index is 12.8. The summed E-state index contributed by atoms with van der Waals surface area (Å²) in [7, 11) is 0. The molecule has 0 aliphatic heterocycles. The Labute approximate surface area is 188 Å². The molecule has 3 saturated carbocycles. The summed E-state index contributed by atoms with van der Waals surface area (Å²) in [5.41, 5.74) is 0.526. The molecule has 0 aromatic carbocycles. The fourth-order valence-corrected chi connectivity index (χ4v) is 7.96. The lowest BCUT2D eigenvalue weighted by Gasteiger charge is -2.57. The van der Waals surface area contributed by atoms with Gasteiger partial charge in [0.05, 0.1) is 0 Å². The maximum atomic E-state index is 12.8. The van der Waals surface area contributed by atoms with Crippen molar-refractivity contribution in [1.29, 1.82) is 0 Å². The standard InChI is InChI=1S/C28H40O3/c1-5-7-8-9-10-25(30)31-28(6-2)16-14-24-26-19(3)17-20-18-21(29)11-12-22(20)23(26)13-15-27(24,28)4/h2,18-19,22-24,26H,5,7-17H2,1,3-4H3/t19?,22-,23+,24-,26+,27-,28-/m0/s1. The average molecular weight is 425 g/mol. The van der Waals surface area contributed by atoms with Gasteiger partial charge in [0.1, 0.15) is 0 Å². The number of hydrogen-bond donors (Lipinski definition) is 0. The molecule has 0 heterocycles. The Morgan fingerprint density at radius 3 is 2.77 bits per heavy atom. The molecular weight excluding hydrogens is 384 g/mol. The number of unbranched alkanes of at least 4 members (excludes halogenated alkanes) is 3. The zero-order valence-electron chi connectivity index (χ0n) is 19.8. The summed E-state index contributed by atoms with van der Waals surface area (Å²) in [6, 6.07) is 0. The number of rotatable bonds is 6. The van der Waals surface area contributed by atoms with E-state index in [9.17, 15) is 9.59 Å². The van der Waals surface area contributed by atoms with Crippen LogP contribution in [0.2, 0.25) is 0 Å². The van der Waals surface area contributed by atoms with Gasteiger partial charge in [0.2, 0.25) is 0 Å². The van der Waals surface area contributed by atoms with E-state index in [2.05, 4.69) is 26.7 Å². The van der Waals surface area contributed by atoms with Crippen LogP contribution in [0, 0.1) is 47.3 Å². The Balaban J connectivity index is 1.53. The van der Waals surface area contributed by atoms with E-state index in [1.807, 2.05) is 6.08 Å². The van der Waals surface area contributed by atoms with Crippen molar-refractivity contribution in [3.8, 4) is 12.3 Å². The van der Waals surface area contributed by atoms with E-state index in [-0.39, 0.29) is 11.4 Å². The number of carbonyl (C=O) groups excluding carboxylic acids is 2. The highest BCUT2D eigenvalue weighted by atomic mass is 16.6. The van der Waals surface area contributed by atoms with Crippen LogP contribution in [0.15, 0.2) is 11.6 Å². The maximum Gasteiger partial charge on any atom is 0.307 e. The van der Waals surface area contributed by atoms with Crippen LogP contribution < -0.4 is 0 Å². The number of ether oxygens (including phenoxy) is 1. The van der Waals surface area contributed by atoms with Gasteiger partial charge in [-0.2, -0.15) is 0 Å². The van der Waals surface area contributed by atoms with Crippen molar-refractivity contribution in [1.82, 2.24) is 0 Å². The second kappa shape index (κ2) is 8.76. The van der Waals surface area contributed by atoms with Gasteiger partial charge in [-0.15, -0.1) is 6.42 Å². The monoisotopic (exact) mass is 424 g/mol. The fourth-order valence-electron chi connectivity index (χ4n) is 7.96. The van der Waals surface area contributed by atoms with E-state index in [4.69, 9.17) is 11.2 Å². The zero-order chi connectivity index (χ0) is 22.2. The highest BCUT2D eigenvalue weighted by Crippen LogP contribution is 2.66. The number of esters is 1. The molecule has 4 rings (SSSR count). The number of terminal acetylenes is 1. The van der Waals surface area contributed by atoms with Crippen molar-refractivity contribution in [2.24, 2.45) is 35.0 Å². The minimum absolute atomic E-state index is 0.106. The Hall–Kier alpha value is -1.56. The Morgan fingerprint density at radius 2 is 2.03 bits per heavy atom. The highest BCUT2D eigenvalue weighted by molar-refractivity contribution is 5.91. The van der Waals surface area contributed by atoms with Crippen LogP contribution >= 0.6 is 0 Å². The van der Waals surface area contributed by atoms with E-state index in [0.29, 0.717) is 48.2 Å². The van der Waals surface area contributed by atoms with E-state index < -0.39 is 5.60 Å². The normalized spacial score (nSPS) is 41.4. The molecule has 4 aliphatic rings. The molecule has 0 aromatic rings. The van der Waals surface area contributed by atoms with Gasteiger partial charge < -0.3 is 4.74 Å². The summed E-state index contributed by atoms with van der Waals surface area (Å²) < 4.78 is 6.21. The number of ketones is 1. The predicted octanol–water partition coefficient (Wildman–Crippen LogP) is 6.26. The molecule has 3 nitrogen and oxygen atoms in total. The van der Waals surface area contributed by atoms with Crippen molar-refractivity contribution in [2.75, 3.05) is 0 Å². The van der Waals surface area contributed by atoms with Crippen LogP contribution in [0.1, 0.15) is 97.8 Å². The quantitative estimate of drug-likeness (QED) is 0.287. The van der Waals surface area contributed by atoms with Crippen molar-refractivity contribution >= 4 is 11.8 Å². The molecule has 7 atom stereocenters. The summed E-state index contributed by atoms with van der Waals surface area (Å²) in [5.74, 6) is 6.14. The third-order valence-electron chi connectivity index (χ3n) is 9.52. The lowest BCUT2D eigenvalue weighted by Crippen LogP contribution is -2.55. The molecule has 1 unspecified atom stereocenters. The third kappa shape index (κ3) is 3.79. The first-order valence-corrected chi connectivity index (χ1v) is 12.8. The molecule has 0 saturated heterocycles. The van der Waals surface area contributed by atoms with Gasteiger partial charge in [-0.1, -0.05) is 51.5 Å². The van der Waals surface area contributed by atoms with Gasteiger partial charge in [-0.3, -0.25) is 9.59 Å². The van der Waals surface area contributed by atoms with Gasteiger partial charge in [0.25, 0.3) is 0 Å². The summed E-state index contributed by atoms with van der Waals surface area (Å²) in [4.78, 5) is 24.8. The molecule has 31 heavy (non-hydrogen) atoms. The minimum atomic E-state index is -0.747. The van der Waals surface area contributed by atoms with E-state index in [0.717, 1.165) is 64.2 Å². The van der Waals surface area contributed by atoms with Crippen LogP contribution in [0.3, 0.4) is 0 Å². The first-order valence-electron chi connectivity index (χ1n) is 12.8. The van der Waals surface area contributed by atoms with Crippen LogP contribution in [0.25, 0.3) is 0 Å². The molecule has 0 bridgehead atoms. The average Bonchev–Trinajstić information content (AvgIpc) is 3.03. The molecule has 0 N–H and O–H groups in total. The second-order valence-corrected chi connectivity index (χ2v) is 11.1. The van der Waals surface area contributed by atoms with E-state index >= 15 is 0 Å². The summed E-state index contributed by atoms with van der Waals surface area (Å²) in [6.45, 7) is 6.86. The van der Waals surface area contributed by atoms with Gasteiger partial charge in [-0.25, -0.2) is 0 Å². The predicted molar refractivity (Wildman–Crippen MR) is 123 cm³/mol. The third-order valence-corrected chi connectivity index (χ3v) is 9.52. The fraction of sp³-hybridized carbons (Fsp3) is 0.786. The van der Waals surface area contributed by atoms with Gasteiger partial charge in [0.15, 0.2) is 11.4 Å². The zero-order valence-corrected chi connectivity index (χ0v) is 19.8. The number of hydrogen-bond acceptors (Lipinski definition) is 3. The molecular formula is C28H40O3. The van der Waals surface area contributed by atoms with Crippen molar-refractivity contribution in [2.45, 2.75) is 103 Å². The topological polar surface area (TPSA) is 43.4 Å². The van der Waals surface area contributed by atoms with Crippen LogP contribution in [-0.4, -0.2) is 17.4 Å². The van der Waals surface area contributed by atoms with Gasteiger partial charge >= 0.3 is 5.97 Å². The summed E-state index contributed by atoms with van der Waals surface area (Å²) in [6.07, 6.45) is 19.7. The van der Waals surface area contributed by atoms with Crippen molar-refractivity contribution in [3.05, 3.63) is 11.6 Å². The molecule has 0 amide bonds. The minimum Gasteiger partial charge on any atom is -0.445 e. The smallest absolute Gasteiger partial charge is 0.307 e. The number of fused-ring (bicyclic) bond motifs is 5. The van der Waals surface area contributed by atoms with Gasteiger partial charge in [-0.05, 0) is 80.6 Å². The molecule has 0 spiro atoms. The molecule has 0 aromatic heterocycles. The molecule has 4 aliphatic carbocycles. The summed E-state index contributed by atoms with van der Waals surface area (Å²) in [5, 5.41) is 0. The molecule has 0 radical (unpaired) electrons. The van der Waals surface area contributed by atoms with Crippen molar-refractivity contribution < 1.29 is 14.3 Å². The molecule has 3 heteroatoms. The van der Waals surface area contributed by atoms with Crippen LogP contribution in [-0.2, 0) is 14.3 Å². The lowest BCUT2D eigenvalue weighted by atomic mass is 9.48. The largest absolute Gasteiger partial charge is 0.445 e. The Bertz CT molecular complexity index is 789. The van der Waals surface area contributed by atoms with Gasteiger partial charge in [0, 0.05) is 18.3 Å². The Kier molecular flexibility index (Phi) is 6.39. The highest BCUT2D eigenvalue weighted by Gasteiger charge is 2.65. The second-order valence-electron chi connectivity index (χ2n) is 11.1. The van der Waals surface area contributed by atoms with E-state index in [1.165, 1.54) is 5.57 Å². The first kappa shape index (κ1) is 22.6. The lowest BCUT2D eigenvalue weighted by molar-refractivity contribution is -0.171. The molecule has 170 valence electrons. The van der Waals surface area contributed by atoms with Crippen LogP contribution in [0.5, 0.6) is 0 Å².